The topological polar surface area (TPSA) is 82.9 Å². The number of pyridine rings is 1. The van der Waals surface area contributed by atoms with Crippen LogP contribution in [-0.2, 0) is 0 Å². The van der Waals surface area contributed by atoms with Crippen LogP contribution in [0.25, 0.3) is 0 Å². The van der Waals surface area contributed by atoms with E-state index < -0.39 is 0 Å². The number of hydrogen-bond acceptors (Lipinski definition) is 4. The van der Waals surface area contributed by atoms with Crippen LogP contribution in [0.2, 0.25) is 0 Å². The van der Waals surface area contributed by atoms with Crippen LogP contribution >= 0.6 is 0 Å². The molecule has 68 valence electrons. The second-order valence-electron chi connectivity index (χ2n) is 2.68. The Morgan fingerprint density at radius 3 is 3.00 bits per heavy atom. The van der Waals surface area contributed by atoms with E-state index in [-0.39, 0.29) is 12.6 Å². The van der Waals surface area contributed by atoms with E-state index in [9.17, 15) is 0 Å². The molecular weight excluding hydrogens is 166 g/mol. The maximum atomic E-state index is 8.65. The number of nitriles is 1. The molecule has 4 heteroatoms. The minimum Gasteiger partial charge on any atom is -0.396 e. The van der Waals surface area contributed by atoms with Crippen LogP contribution in [0, 0.1) is 11.3 Å². The summed E-state index contributed by atoms with van der Waals surface area (Å²) >= 11 is 0. The second kappa shape index (κ2) is 4.55. The number of rotatable bonds is 3. The summed E-state index contributed by atoms with van der Waals surface area (Å²) in [6, 6.07) is 6.75. The first-order chi connectivity index (χ1) is 6.27. The van der Waals surface area contributed by atoms with Crippen molar-refractivity contribution in [3.63, 3.8) is 0 Å². The summed E-state index contributed by atoms with van der Waals surface area (Å²) in [5, 5.41) is 17.2. The molecule has 1 unspecified atom stereocenters. The normalized spacial score (nSPS) is 12.1. The number of nitrogens with zero attached hydrogens (tertiary/aromatic N) is 2. The number of hydrogen-bond donors (Lipinski definition) is 2. The third-order valence-corrected chi connectivity index (χ3v) is 1.71. The zero-order chi connectivity index (χ0) is 9.68. The first-order valence-corrected chi connectivity index (χ1v) is 4.01. The molecule has 0 radical (unpaired) electrons. The van der Waals surface area contributed by atoms with Crippen LogP contribution < -0.4 is 5.73 Å². The lowest BCUT2D eigenvalue weighted by Crippen LogP contribution is -2.13. The summed E-state index contributed by atoms with van der Waals surface area (Å²) in [6.45, 7) is 0.0274. The highest BCUT2D eigenvalue weighted by Crippen LogP contribution is 2.10. The van der Waals surface area contributed by atoms with Crippen LogP contribution in [0.1, 0.15) is 23.9 Å². The number of aromatic nitrogens is 1. The maximum absolute atomic E-state index is 8.65. The molecule has 1 aromatic heterocycles. The van der Waals surface area contributed by atoms with Gasteiger partial charge in [0.25, 0.3) is 0 Å². The van der Waals surface area contributed by atoms with Gasteiger partial charge in [-0.05, 0) is 18.6 Å². The van der Waals surface area contributed by atoms with E-state index in [1.807, 2.05) is 6.07 Å². The third-order valence-electron chi connectivity index (χ3n) is 1.71. The predicted molar refractivity (Wildman–Crippen MR) is 47.6 cm³/mol. The molecule has 3 N–H and O–H groups in total. The van der Waals surface area contributed by atoms with Crippen molar-refractivity contribution in [2.45, 2.75) is 12.5 Å². The number of aliphatic hydroxyl groups is 1. The SMILES string of the molecule is N#Cc1cccc(C(N)CCO)n1. The Labute approximate surface area is 76.6 Å². The highest BCUT2D eigenvalue weighted by atomic mass is 16.3. The van der Waals surface area contributed by atoms with Crippen molar-refractivity contribution in [2.75, 3.05) is 6.61 Å². The second-order valence-corrected chi connectivity index (χ2v) is 2.68. The molecule has 0 aliphatic carbocycles. The van der Waals surface area contributed by atoms with Crippen molar-refractivity contribution in [1.82, 2.24) is 4.98 Å². The van der Waals surface area contributed by atoms with E-state index in [0.717, 1.165) is 0 Å². The van der Waals surface area contributed by atoms with Crippen molar-refractivity contribution in [3.05, 3.63) is 29.6 Å². The van der Waals surface area contributed by atoms with Crippen LogP contribution in [0.4, 0.5) is 0 Å². The molecule has 0 fully saturated rings. The fraction of sp³-hybridized carbons (Fsp3) is 0.333. The molecule has 13 heavy (non-hydrogen) atoms. The minimum atomic E-state index is -0.293. The maximum Gasteiger partial charge on any atom is 0.140 e. The molecule has 4 nitrogen and oxygen atoms in total. The van der Waals surface area contributed by atoms with Gasteiger partial charge >= 0.3 is 0 Å². The minimum absolute atomic E-state index is 0.0274. The van der Waals surface area contributed by atoms with E-state index >= 15 is 0 Å². The smallest absolute Gasteiger partial charge is 0.140 e. The van der Waals surface area contributed by atoms with Crippen LogP contribution in [-0.4, -0.2) is 16.7 Å². The Morgan fingerprint density at radius 2 is 2.38 bits per heavy atom. The zero-order valence-corrected chi connectivity index (χ0v) is 7.14. The molecule has 0 saturated carbocycles. The summed E-state index contributed by atoms with van der Waals surface area (Å²) in [5.74, 6) is 0. The Kier molecular flexibility index (Phi) is 3.38. The largest absolute Gasteiger partial charge is 0.396 e. The van der Waals surface area contributed by atoms with E-state index in [4.69, 9.17) is 16.1 Å². The quantitative estimate of drug-likeness (QED) is 0.697. The molecule has 0 bridgehead atoms. The number of nitrogens with two attached hydrogens (primary N) is 1. The van der Waals surface area contributed by atoms with E-state index in [1.54, 1.807) is 18.2 Å². The van der Waals surface area contributed by atoms with Gasteiger partial charge in [0.2, 0.25) is 0 Å². The molecule has 1 heterocycles. The van der Waals surface area contributed by atoms with Crippen molar-refractivity contribution in [2.24, 2.45) is 5.73 Å². The van der Waals surface area contributed by atoms with Gasteiger partial charge in [0.15, 0.2) is 0 Å². The first kappa shape index (κ1) is 9.65. The Bertz CT molecular complexity index is 319. The molecule has 1 atom stereocenters. The molecule has 0 saturated heterocycles. The van der Waals surface area contributed by atoms with E-state index in [1.165, 1.54) is 0 Å². The molecule has 0 aromatic carbocycles. The lowest BCUT2D eigenvalue weighted by atomic mass is 10.1. The molecule has 1 aromatic rings. The highest BCUT2D eigenvalue weighted by molar-refractivity contribution is 5.23. The predicted octanol–water partition coefficient (Wildman–Crippen LogP) is 0.335. The van der Waals surface area contributed by atoms with Crippen LogP contribution in [0.15, 0.2) is 18.2 Å². The van der Waals surface area contributed by atoms with E-state index in [2.05, 4.69) is 4.98 Å². The zero-order valence-electron chi connectivity index (χ0n) is 7.14. The molecule has 0 amide bonds. The third kappa shape index (κ3) is 2.51. The lowest BCUT2D eigenvalue weighted by molar-refractivity contribution is 0.275. The Hall–Kier alpha value is -1.44. The fourth-order valence-corrected chi connectivity index (χ4v) is 1.01. The van der Waals surface area contributed by atoms with Crippen molar-refractivity contribution in [3.8, 4) is 6.07 Å². The van der Waals surface area contributed by atoms with Gasteiger partial charge < -0.3 is 10.8 Å². The van der Waals surface area contributed by atoms with Gasteiger partial charge in [0.1, 0.15) is 11.8 Å². The van der Waals surface area contributed by atoms with Crippen LogP contribution in [0.3, 0.4) is 0 Å². The summed E-state index contributed by atoms with van der Waals surface area (Å²) in [4.78, 5) is 4.01. The lowest BCUT2D eigenvalue weighted by Gasteiger charge is -2.08. The molecule has 0 spiro atoms. The number of aliphatic hydroxyl groups excluding tert-OH is 1. The monoisotopic (exact) mass is 177 g/mol. The van der Waals surface area contributed by atoms with Crippen molar-refractivity contribution >= 4 is 0 Å². The fourth-order valence-electron chi connectivity index (χ4n) is 1.01. The summed E-state index contributed by atoms with van der Waals surface area (Å²) in [5.41, 5.74) is 6.70. The standard InChI is InChI=1S/C9H11N3O/c10-6-7-2-1-3-9(12-7)8(11)4-5-13/h1-3,8,13H,4-5,11H2. The average molecular weight is 177 g/mol. The molecule has 0 aliphatic rings. The van der Waals surface area contributed by atoms with Gasteiger partial charge in [-0.2, -0.15) is 5.26 Å². The van der Waals surface area contributed by atoms with E-state index in [0.29, 0.717) is 17.8 Å². The summed E-state index contributed by atoms with van der Waals surface area (Å²) in [6.07, 6.45) is 0.460. The van der Waals surface area contributed by atoms with Gasteiger partial charge in [0, 0.05) is 12.6 Å². The average Bonchev–Trinajstić information content (AvgIpc) is 2.18. The summed E-state index contributed by atoms with van der Waals surface area (Å²) < 4.78 is 0. The van der Waals surface area contributed by atoms with Gasteiger partial charge in [-0.15, -0.1) is 0 Å². The van der Waals surface area contributed by atoms with Crippen LogP contribution in [0.5, 0.6) is 0 Å². The first-order valence-electron chi connectivity index (χ1n) is 4.01. The summed E-state index contributed by atoms with van der Waals surface area (Å²) in [7, 11) is 0. The van der Waals surface area contributed by atoms with Crippen molar-refractivity contribution in [1.29, 1.82) is 5.26 Å². The molecular formula is C9H11N3O. The molecule has 1 rings (SSSR count). The Balaban J connectivity index is 2.83. The van der Waals surface area contributed by atoms with Gasteiger partial charge in [0.05, 0.1) is 5.69 Å². The van der Waals surface area contributed by atoms with Gasteiger partial charge in [-0.1, -0.05) is 6.07 Å². The van der Waals surface area contributed by atoms with Crippen molar-refractivity contribution < 1.29 is 5.11 Å². The molecule has 0 aliphatic heterocycles. The highest BCUT2D eigenvalue weighted by Gasteiger charge is 2.06. The van der Waals surface area contributed by atoms with Gasteiger partial charge in [-0.25, -0.2) is 4.98 Å². The Morgan fingerprint density at radius 1 is 1.62 bits per heavy atom. The van der Waals surface area contributed by atoms with Gasteiger partial charge in [-0.3, -0.25) is 0 Å².